The van der Waals surface area contributed by atoms with Crippen molar-refractivity contribution < 1.29 is 0 Å². The first-order valence-electron chi connectivity index (χ1n) is 7.82. The van der Waals surface area contributed by atoms with Gasteiger partial charge in [0.2, 0.25) is 0 Å². The van der Waals surface area contributed by atoms with Gasteiger partial charge in [0.15, 0.2) is 0 Å². The lowest BCUT2D eigenvalue weighted by Crippen LogP contribution is -2.35. The van der Waals surface area contributed by atoms with Crippen molar-refractivity contribution >= 4 is 0 Å². The lowest BCUT2D eigenvalue weighted by molar-refractivity contribution is 0.173. The van der Waals surface area contributed by atoms with E-state index in [0.717, 1.165) is 25.4 Å². The van der Waals surface area contributed by atoms with E-state index in [1.54, 1.807) is 0 Å². The molecule has 0 unspecified atom stereocenters. The minimum absolute atomic E-state index is 0.732. The monoisotopic (exact) mass is 275 g/mol. The molecule has 1 fully saturated rings. The van der Waals surface area contributed by atoms with Crippen LogP contribution in [-0.2, 0) is 13.0 Å². The highest BCUT2D eigenvalue weighted by atomic mass is 15.1. The second-order valence-corrected chi connectivity index (χ2v) is 6.30. The van der Waals surface area contributed by atoms with Crippen molar-refractivity contribution in [1.29, 1.82) is 0 Å². The quantitative estimate of drug-likeness (QED) is 0.861. The zero-order valence-electron chi connectivity index (χ0n) is 13.0. The molecule has 2 N–H and O–H groups in total. The smallest absolute Gasteiger partial charge is 0.0230 e. The lowest BCUT2D eigenvalue weighted by Gasteiger charge is -2.31. The van der Waals surface area contributed by atoms with Crippen LogP contribution in [0.15, 0.2) is 24.3 Å². The summed E-state index contributed by atoms with van der Waals surface area (Å²) in [7, 11) is 4.47. The van der Waals surface area contributed by atoms with Gasteiger partial charge in [-0.1, -0.05) is 24.3 Å². The molecule has 0 radical (unpaired) electrons. The van der Waals surface area contributed by atoms with Crippen LogP contribution in [0.25, 0.3) is 0 Å². The van der Waals surface area contributed by atoms with E-state index in [0.29, 0.717) is 0 Å². The van der Waals surface area contributed by atoms with Crippen LogP contribution >= 0.6 is 0 Å². The average Bonchev–Trinajstić information content (AvgIpc) is 2.44. The molecular formula is C17H29N3. The standard InChI is InChI=1S/C17H29N3/c1-19-11-8-17(9-12-19)14-20(2)13-16-5-3-15(4-6-16)7-10-18/h3-6,17H,7-14,18H2,1-2H3. The van der Waals surface area contributed by atoms with Gasteiger partial charge in [0.1, 0.15) is 0 Å². The third-order valence-corrected chi connectivity index (χ3v) is 4.32. The molecule has 3 nitrogen and oxygen atoms in total. The molecule has 2 rings (SSSR count). The van der Waals surface area contributed by atoms with Crippen LogP contribution in [0.1, 0.15) is 24.0 Å². The molecule has 3 heteroatoms. The van der Waals surface area contributed by atoms with Crippen molar-refractivity contribution in [3.8, 4) is 0 Å². The zero-order valence-corrected chi connectivity index (χ0v) is 13.0. The van der Waals surface area contributed by atoms with Crippen LogP contribution in [0, 0.1) is 5.92 Å². The largest absolute Gasteiger partial charge is 0.330 e. The van der Waals surface area contributed by atoms with Crippen molar-refractivity contribution in [3.05, 3.63) is 35.4 Å². The summed E-state index contributed by atoms with van der Waals surface area (Å²) in [5, 5.41) is 0. The SMILES string of the molecule is CN1CCC(CN(C)Cc2ccc(CCN)cc2)CC1. The Labute approximate surface area is 123 Å². The Bertz CT molecular complexity index is 380. The molecule has 0 amide bonds. The Balaban J connectivity index is 1.77. The van der Waals surface area contributed by atoms with Crippen molar-refractivity contribution in [1.82, 2.24) is 9.80 Å². The number of likely N-dealkylation sites (tertiary alicyclic amines) is 1. The van der Waals surface area contributed by atoms with Crippen LogP contribution in [0.2, 0.25) is 0 Å². The second kappa shape index (κ2) is 7.77. The van der Waals surface area contributed by atoms with Gasteiger partial charge in [-0.05, 0) is 70.0 Å². The first kappa shape index (κ1) is 15.5. The van der Waals surface area contributed by atoms with Gasteiger partial charge in [-0.15, -0.1) is 0 Å². The molecule has 0 aliphatic carbocycles. The maximum absolute atomic E-state index is 5.58. The minimum atomic E-state index is 0.732. The molecule has 1 saturated heterocycles. The predicted octanol–water partition coefficient (Wildman–Crippen LogP) is 1.96. The number of hydrogen-bond acceptors (Lipinski definition) is 3. The Kier molecular flexibility index (Phi) is 6.02. The highest BCUT2D eigenvalue weighted by molar-refractivity contribution is 5.22. The van der Waals surface area contributed by atoms with E-state index in [9.17, 15) is 0 Å². The van der Waals surface area contributed by atoms with Crippen LogP contribution in [0.4, 0.5) is 0 Å². The van der Waals surface area contributed by atoms with Gasteiger partial charge in [0.05, 0.1) is 0 Å². The number of hydrogen-bond donors (Lipinski definition) is 1. The maximum Gasteiger partial charge on any atom is 0.0230 e. The maximum atomic E-state index is 5.58. The van der Waals surface area contributed by atoms with E-state index in [1.807, 2.05) is 0 Å². The Morgan fingerprint density at radius 2 is 1.75 bits per heavy atom. The van der Waals surface area contributed by atoms with E-state index in [1.165, 1.54) is 43.6 Å². The molecule has 20 heavy (non-hydrogen) atoms. The minimum Gasteiger partial charge on any atom is -0.330 e. The summed E-state index contributed by atoms with van der Waals surface area (Å²) in [6.07, 6.45) is 3.66. The Morgan fingerprint density at radius 3 is 2.35 bits per heavy atom. The Morgan fingerprint density at radius 1 is 1.15 bits per heavy atom. The number of benzene rings is 1. The summed E-state index contributed by atoms with van der Waals surface area (Å²) in [6.45, 7) is 5.52. The van der Waals surface area contributed by atoms with Gasteiger partial charge in [-0.3, -0.25) is 0 Å². The average molecular weight is 275 g/mol. The van der Waals surface area contributed by atoms with Crippen molar-refractivity contribution in [2.24, 2.45) is 11.7 Å². The van der Waals surface area contributed by atoms with E-state index in [4.69, 9.17) is 5.73 Å². The molecule has 0 atom stereocenters. The summed E-state index contributed by atoms with van der Waals surface area (Å²) < 4.78 is 0. The summed E-state index contributed by atoms with van der Waals surface area (Å²) in [6, 6.07) is 8.92. The van der Waals surface area contributed by atoms with Gasteiger partial charge in [0.25, 0.3) is 0 Å². The molecule has 0 saturated carbocycles. The van der Waals surface area contributed by atoms with Crippen molar-refractivity contribution in [2.75, 3.05) is 40.3 Å². The summed E-state index contributed by atoms with van der Waals surface area (Å²) >= 11 is 0. The highest BCUT2D eigenvalue weighted by Crippen LogP contribution is 2.17. The van der Waals surface area contributed by atoms with Crippen LogP contribution in [0.3, 0.4) is 0 Å². The normalized spacial score (nSPS) is 17.8. The van der Waals surface area contributed by atoms with Crippen molar-refractivity contribution in [2.45, 2.75) is 25.8 Å². The van der Waals surface area contributed by atoms with Crippen LogP contribution in [-0.4, -0.2) is 50.1 Å². The Hall–Kier alpha value is -0.900. The van der Waals surface area contributed by atoms with Crippen LogP contribution < -0.4 is 5.73 Å². The molecule has 1 heterocycles. The first-order valence-corrected chi connectivity index (χ1v) is 7.82. The van der Waals surface area contributed by atoms with E-state index in [-0.39, 0.29) is 0 Å². The highest BCUT2D eigenvalue weighted by Gasteiger charge is 2.17. The third-order valence-electron chi connectivity index (χ3n) is 4.32. The van der Waals surface area contributed by atoms with E-state index >= 15 is 0 Å². The van der Waals surface area contributed by atoms with Crippen molar-refractivity contribution in [3.63, 3.8) is 0 Å². The van der Waals surface area contributed by atoms with Crippen LogP contribution in [0.5, 0.6) is 0 Å². The molecule has 0 bridgehead atoms. The lowest BCUT2D eigenvalue weighted by atomic mass is 9.96. The summed E-state index contributed by atoms with van der Waals surface area (Å²) in [4.78, 5) is 4.90. The molecule has 1 aromatic rings. The van der Waals surface area contributed by atoms with Gasteiger partial charge in [0, 0.05) is 13.1 Å². The molecule has 112 valence electrons. The summed E-state index contributed by atoms with van der Waals surface area (Å²) in [5.41, 5.74) is 8.33. The van der Waals surface area contributed by atoms with Gasteiger partial charge < -0.3 is 15.5 Å². The second-order valence-electron chi connectivity index (χ2n) is 6.30. The third kappa shape index (κ3) is 4.89. The number of rotatable bonds is 6. The fourth-order valence-corrected chi connectivity index (χ4v) is 3.04. The topological polar surface area (TPSA) is 32.5 Å². The molecule has 1 aliphatic heterocycles. The fourth-order valence-electron chi connectivity index (χ4n) is 3.04. The number of piperidine rings is 1. The number of nitrogens with two attached hydrogens (primary N) is 1. The van der Waals surface area contributed by atoms with Gasteiger partial charge in [-0.2, -0.15) is 0 Å². The predicted molar refractivity (Wildman–Crippen MR) is 85.8 cm³/mol. The summed E-state index contributed by atoms with van der Waals surface area (Å²) in [5.74, 6) is 0.868. The molecule has 0 aromatic heterocycles. The van der Waals surface area contributed by atoms with Gasteiger partial charge in [-0.25, -0.2) is 0 Å². The van der Waals surface area contributed by atoms with E-state index < -0.39 is 0 Å². The van der Waals surface area contributed by atoms with Gasteiger partial charge >= 0.3 is 0 Å². The zero-order chi connectivity index (χ0) is 14.4. The fraction of sp³-hybridized carbons (Fsp3) is 0.647. The number of nitrogens with zero attached hydrogens (tertiary/aromatic N) is 2. The molecule has 1 aliphatic rings. The molecular weight excluding hydrogens is 246 g/mol. The van der Waals surface area contributed by atoms with E-state index in [2.05, 4.69) is 48.2 Å². The molecule has 1 aromatic carbocycles. The first-order chi connectivity index (χ1) is 9.67. The molecule has 0 spiro atoms.